The number of aromatic nitrogens is 2. The third kappa shape index (κ3) is 2.76. The van der Waals surface area contributed by atoms with Crippen LogP contribution in [0.1, 0.15) is 11.3 Å². The lowest BCUT2D eigenvalue weighted by Gasteiger charge is -2.01. The molecule has 0 saturated heterocycles. The maximum Gasteiger partial charge on any atom is 0.256 e. The fourth-order valence-corrected chi connectivity index (χ4v) is 2.04. The minimum Gasteiger partial charge on any atom is -0.440 e. The minimum absolute atomic E-state index is 0.709. The molecular weight excluding hydrogens is 222 g/mol. The quantitative estimate of drug-likeness (QED) is 0.826. The second-order valence-electron chi connectivity index (χ2n) is 3.34. The van der Waals surface area contributed by atoms with Gasteiger partial charge in [-0.1, -0.05) is 11.8 Å². The summed E-state index contributed by atoms with van der Waals surface area (Å²) in [7, 11) is 1.86. The van der Waals surface area contributed by atoms with Gasteiger partial charge in [0.1, 0.15) is 12.1 Å². The van der Waals surface area contributed by atoms with E-state index in [1.807, 2.05) is 26.1 Å². The van der Waals surface area contributed by atoms with Crippen LogP contribution in [0.5, 0.6) is 0 Å². The molecule has 16 heavy (non-hydrogen) atoms. The van der Waals surface area contributed by atoms with E-state index in [1.165, 1.54) is 5.56 Å². The van der Waals surface area contributed by atoms with Crippen LogP contribution < -0.4 is 5.32 Å². The lowest BCUT2D eigenvalue weighted by molar-refractivity contribution is 0.454. The Labute approximate surface area is 98.5 Å². The van der Waals surface area contributed by atoms with Gasteiger partial charge in [-0.15, -0.1) is 0 Å². The van der Waals surface area contributed by atoms with Crippen LogP contribution in [-0.4, -0.2) is 17.0 Å². The first-order valence-electron chi connectivity index (χ1n) is 4.95. The second kappa shape index (κ2) is 5.03. The van der Waals surface area contributed by atoms with Gasteiger partial charge in [-0.25, -0.2) is 9.97 Å². The largest absolute Gasteiger partial charge is 0.440 e. The number of aryl methyl sites for hydroxylation is 1. The Kier molecular flexibility index (Phi) is 3.46. The third-order valence-electron chi connectivity index (χ3n) is 2.04. The first-order valence-corrected chi connectivity index (χ1v) is 5.94. The van der Waals surface area contributed by atoms with Gasteiger partial charge in [-0.2, -0.15) is 0 Å². The van der Waals surface area contributed by atoms with Gasteiger partial charge >= 0.3 is 0 Å². The van der Waals surface area contributed by atoms with Crippen molar-refractivity contribution in [3.63, 3.8) is 0 Å². The molecule has 2 heterocycles. The number of nitrogens with one attached hydrogen (secondary N) is 1. The topological polar surface area (TPSA) is 51.0 Å². The lowest BCUT2D eigenvalue weighted by atomic mass is 10.3. The molecule has 1 N–H and O–H groups in total. The standard InChI is InChI=1S/C11H13N3OS/c1-8-6-15-11(14-8)16-7-9-3-4-13-10(5-9)12-2/h3-6H,7H2,1-2H3,(H,12,13). The van der Waals surface area contributed by atoms with E-state index < -0.39 is 0 Å². The highest BCUT2D eigenvalue weighted by Crippen LogP contribution is 2.22. The Balaban J connectivity index is 1.99. The van der Waals surface area contributed by atoms with E-state index in [1.54, 1.807) is 24.2 Å². The van der Waals surface area contributed by atoms with Crippen molar-refractivity contribution in [3.8, 4) is 0 Å². The fraction of sp³-hybridized carbons (Fsp3) is 0.273. The molecule has 2 aromatic rings. The fourth-order valence-electron chi connectivity index (χ4n) is 1.24. The van der Waals surface area contributed by atoms with Crippen LogP contribution in [0.4, 0.5) is 5.82 Å². The molecule has 84 valence electrons. The number of oxazole rings is 1. The average molecular weight is 235 g/mol. The molecule has 2 rings (SSSR count). The van der Waals surface area contributed by atoms with E-state index in [-0.39, 0.29) is 0 Å². The number of nitrogens with zero attached hydrogens (tertiary/aromatic N) is 2. The number of pyridine rings is 1. The van der Waals surface area contributed by atoms with Crippen molar-refractivity contribution in [1.82, 2.24) is 9.97 Å². The normalized spacial score (nSPS) is 10.4. The Morgan fingerprint density at radius 1 is 1.50 bits per heavy atom. The van der Waals surface area contributed by atoms with Crippen LogP contribution in [-0.2, 0) is 5.75 Å². The van der Waals surface area contributed by atoms with E-state index in [0.29, 0.717) is 5.22 Å². The van der Waals surface area contributed by atoms with Gasteiger partial charge in [0.05, 0.1) is 5.69 Å². The molecule has 0 aliphatic carbocycles. The number of rotatable bonds is 4. The number of thioether (sulfide) groups is 1. The molecule has 0 aliphatic heterocycles. The summed E-state index contributed by atoms with van der Waals surface area (Å²) in [5.41, 5.74) is 2.10. The molecule has 0 aromatic carbocycles. The zero-order valence-electron chi connectivity index (χ0n) is 9.23. The van der Waals surface area contributed by atoms with Crippen LogP contribution >= 0.6 is 11.8 Å². The molecular formula is C11H13N3OS. The van der Waals surface area contributed by atoms with Crippen LogP contribution in [0.15, 0.2) is 34.2 Å². The monoisotopic (exact) mass is 235 g/mol. The highest BCUT2D eigenvalue weighted by Gasteiger charge is 2.02. The zero-order chi connectivity index (χ0) is 11.4. The van der Waals surface area contributed by atoms with Crippen molar-refractivity contribution in [3.05, 3.63) is 35.9 Å². The molecule has 0 aliphatic rings. The van der Waals surface area contributed by atoms with E-state index in [4.69, 9.17) is 4.42 Å². The zero-order valence-corrected chi connectivity index (χ0v) is 10.0. The maximum atomic E-state index is 5.26. The SMILES string of the molecule is CNc1cc(CSc2nc(C)co2)ccn1. The Hall–Kier alpha value is -1.49. The summed E-state index contributed by atoms with van der Waals surface area (Å²) in [5.74, 6) is 1.71. The highest BCUT2D eigenvalue weighted by molar-refractivity contribution is 7.98. The van der Waals surface area contributed by atoms with Crippen molar-refractivity contribution in [2.45, 2.75) is 17.9 Å². The maximum absolute atomic E-state index is 5.26. The van der Waals surface area contributed by atoms with Gasteiger partial charge in [-0.05, 0) is 24.6 Å². The minimum atomic E-state index is 0.709. The summed E-state index contributed by atoms with van der Waals surface area (Å²) in [4.78, 5) is 8.39. The van der Waals surface area contributed by atoms with Crippen LogP contribution in [0.25, 0.3) is 0 Å². The van der Waals surface area contributed by atoms with Gasteiger partial charge in [0.15, 0.2) is 0 Å². The Morgan fingerprint density at radius 2 is 2.38 bits per heavy atom. The molecule has 0 bridgehead atoms. The van der Waals surface area contributed by atoms with Gasteiger partial charge in [0.25, 0.3) is 5.22 Å². The molecule has 0 fully saturated rings. The summed E-state index contributed by atoms with van der Waals surface area (Å²) in [6.07, 6.45) is 3.45. The summed E-state index contributed by atoms with van der Waals surface area (Å²) in [6, 6.07) is 4.01. The summed E-state index contributed by atoms with van der Waals surface area (Å²) in [6.45, 7) is 1.92. The number of hydrogen-bond donors (Lipinski definition) is 1. The predicted molar refractivity (Wildman–Crippen MR) is 64.6 cm³/mol. The third-order valence-corrected chi connectivity index (χ3v) is 2.95. The van der Waals surface area contributed by atoms with Gasteiger partial charge in [0, 0.05) is 19.0 Å². The van der Waals surface area contributed by atoms with Crippen LogP contribution in [0.2, 0.25) is 0 Å². The van der Waals surface area contributed by atoms with Gasteiger partial charge < -0.3 is 9.73 Å². The van der Waals surface area contributed by atoms with E-state index in [0.717, 1.165) is 17.3 Å². The average Bonchev–Trinajstić information content (AvgIpc) is 2.73. The smallest absolute Gasteiger partial charge is 0.256 e. The second-order valence-corrected chi connectivity index (χ2v) is 4.27. The molecule has 2 aromatic heterocycles. The lowest BCUT2D eigenvalue weighted by Crippen LogP contribution is -1.92. The summed E-state index contributed by atoms with van der Waals surface area (Å²) >= 11 is 1.58. The van der Waals surface area contributed by atoms with Crippen molar-refractivity contribution in [1.29, 1.82) is 0 Å². The molecule has 0 spiro atoms. The van der Waals surface area contributed by atoms with Crippen molar-refractivity contribution >= 4 is 17.6 Å². The van der Waals surface area contributed by atoms with Crippen molar-refractivity contribution in [2.24, 2.45) is 0 Å². The number of hydrogen-bond acceptors (Lipinski definition) is 5. The molecule has 0 unspecified atom stereocenters. The molecule has 0 radical (unpaired) electrons. The molecule has 5 heteroatoms. The van der Waals surface area contributed by atoms with Crippen molar-refractivity contribution < 1.29 is 4.42 Å². The molecule has 0 amide bonds. The molecule has 0 saturated carbocycles. The van der Waals surface area contributed by atoms with Crippen LogP contribution in [0.3, 0.4) is 0 Å². The van der Waals surface area contributed by atoms with E-state index >= 15 is 0 Å². The van der Waals surface area contributed by atoms with Gasteiger partial charge in [-0.3, -0.25) is 0 Å². The molecule has 0 atom stereocenters. The van der Waals surface area contributed by atoms with E-state index in [2.05, 4.69) is 15.3 Å². The summed E-state index contributed by atoms with van der Waals surface area (Å²) in [5, 5.41) is 3.72. The highest BCUT2D eigenvalue weighted by atomic mass is 32.2. The van der Waals surface area contributed by atoms with Gasteiger partial charge in [0.2, 0.25) is 0 Å². The Bertz CT molecular complexity index is 470. The molecule has 4 nitrogen and oxygen atoms in total. The summed E-state index contributed by atoms with van der Waals surface area (Å²) < 4.78 is 5.26. The predicted octanol–water partition coefficient (Wildman–Crippen LogP) is 2.71. The first kappa shape index (κ1) is 11.0. The van der Waals surface area contributed by atoms with Crippen LogP contribution in [0, 0.1) is 6.92 Å². The first-order chi connectivity index (χ1) is 7.78. The Morgan fingerprint density at radius 3 is 3.06 bits per heavy atom. The van der Waals surface area contributed by atoms with E-state index in [9.17, 15) is 0 Å². The van der Waals surface area contributed by atoms with Crippen molar-refractivity contribution in [2.75, 3.05) is 12.4 Å². The number of anilines is 1.